The molecule has 0 N–H and O–H groups in total. The normalized spacial score (nSPS) is 10.9. The summed E-state index contributed by atoms with van der Waals surface area (Å²) < 4.78 is 4.67. The highest BCUT2D eigenvalue weighted by Gasteiger charge is 1.89. The maximum Gasteiger partial charge on any atom is 0.330 e. The van der Waals surface area contributed by atoms with E-state index in [0.29, 0.717) is 19.2 Å². The van der Waals surface area contributed by atoms with Crippen LogP contribution in [0.15, 0.2) is 48.1 Å². The number of carbonyl (C=O) groups excluding carboxylic acids is 3. The Bertz CT molecular complexity index is 363. The van der Waals surface area contributed by atoms with Gasteiger partial charge >= 0.3 is 5.97 Å². The molecule has 0 atom stereocenters. The van der Waals surface area contributed by atoms with Gasteiger partial charge in [-0.2, -0.15) is 0 Å². The highest BCUT2D eigenvalue weighted by Crippen LogP contribution is 1.87. The van der Waals surface area contributed by atoms with E-state index in [9.17, 15) is 14.4 Å². The van der Waals surface area contributed by atoms with E-state index in [1.54, 1.807) is 31.2 Å². The lowest BCUT2D eigenvalue weighted by Gasteiger charge is -1.92. The van der Waals surface area contributed by atoms with Gasteiger partial charge in [-0.15, -0.1) is 0 Å². The van der Waals surface area contributed by atoms with E-state index >= 15 is 0 Å². The third-order valence-electron chi connectivity index (χ3n) is 1.52. The first-order valence-corrected chi connectivity index (χ1v) is 5.03. The third-order valence-corrected chi connectivity index (χ3v) is 1.52. The Morgan fingerprint density at radius 3 is 2.18 bits per heavy atom. The molecule has 4 nitrogen and oxygen atoms in total. The molecular weight excluding hydrogens is 220 g/mol. The van der Waals surface area contributed by atoms with Gasteiger partial charge in [0.25, 0.3) is 0 Å². The van der Waals surface area contributed by atoms with E-state index in [1.165, 1.54) is 18.2 Å². The lowest BCUT2D eigenvalue weighted by molar-refractivity contribution is -0.137. The van der Waals surface area contributed by atoms with Crippen LogP contribution in [0.1, 0.15) is 6.92 Å². The highest BCUT2D eigenvalue weighted by atomic mass is 16.5. The van der Waals surface area contributed by atoms with Crippen molar-refractivity contribution in [2.45, 2.75) is 6.92 Å². The van der Waals surface area contributed by atoms with Crippen molar-refractivity contribution in [3.63, 3.8) is 0 Å². The van der Waals surface area contributed by atoms with Crippen LogP contribution < -0.4 is 0 Å². The zero-order valence-corrected chi connectivity index (χ0v) is 9.54. The van der Waals surface area contributed by atoms with Gasteiger partial charge in [0.15, 0.2) is 12.6 Å². The lowest BCUT2D eigenvalue weighted by atomic mass is 10.3. The Kier molecular flexibility index (Phi) is 8.94. The molecule has 0 aromatic heterocycles. The van der Waals surface area contributed by atoms with Crippen LogP contribution in [0.3, 0.4) is 0 Å². The molecule has 0 fully saturated rings. The predicted molar refractivity (Wildman–Crippen MR) is 64.3 cm³/mol. The van der Waals surface area contributed by atoms with Gasteiger partial charge < -0.3 is 4.74 Å². The fourth-order valence-electron chi connectivity index (χ4n) is 0.790. The lowest BCUT2D eigenvalue weighted by Crippen LogP contribution is -1.98. The number of hydrogen-bond donors (Lipinski definition) is 0. The molecule has 0 aromatic carbocycles. The molecule has 90 valence electrons. The van der Waals surface area contributed by atoms with E-state index in [2.05, 4.69) is 4.74 Å². The van der Waals surface area contributed by atoms with Crippen molar-refractivity contribution in [3.05, 3.63) is 48.1 Å². The number of esters is 1. The molecule has 0 aromatic rings. The average Bonchev–Trinajstić information content (AvgIpc) is 2.33. The van der Waals surface area contributed by atoms with Crippen LogP contribution in [0.25, 0.3) is 0 Å². The van der Waals surface area contributed by atoms with E-state index in [1.807, 2.05) is 0 Å². The topological polar surface area (TPSA) is 60.4 Å². The maximum absolute atomic E-state index is 10.9. The summed E-state index contributed by atoms with van der Waals surface area (Å²) in [7, 11) is 0. The van der Waals surface area contributed by atoms with Crippen LogP contribution in [0.4, 0.5) is 0 Å². The minimum Gasteiger partial charge on any atom is -0.463 e. The minimum atomic E-state index is -0.398. The summed E-state index contributed by atoms with van der Waals surface area (Å²) in [5.74, 6) is -0.398. The average molecular weight is 234 g/mol. The fraction of sp³-hybridized carbons (Fsp3) is 0.154. The van der Waals surface area contributed by atoms with Crippen LogP contribution in [-0.4, -0.2) is 25.1 Å². The molecule has 0 radical (unpaired) electrons. The summed E-state index contributed by atoms with van der Waals surface area (Å²) in [5.41, 5.74) is 0.0664. The molecule has 0 rings (SSSR count). The summed E-state index contributed by atoms with van der Waals surface area (Å²) in [5, 5.41) is 0. The van der Waals surface area contributed by atoms with Crippen molar-refractivity contribution >= 4 is 18.5 Å². The minimum absolute atomic E-state index is 0.0664. The van der Waals surface area contributed by atoms with Crippen LogP contribution in [0.2, 0.25) is 0 Å². The second-order valence-electron chi connectivity index (χ2n) is 2.78. The standard InChI is InChI=1S/C13H14O4/c1-2-17-13(16)9-7-5-3-4-6-8-12(10-14)11-15/h3-11H,2H2,1H3/b5-3+,6-4+,9-7+. The van der Waals surface area contributed by atoms with Gasteiger partial charge in [-0.3, -0.25) is 9.59 Å². The molecule has 0 bridgehead atoms. The molecule has 0 spiro atoms. The highest BCUT2D eigenvalue weighted by molar-refractivity contribution is 5.99. The number of ether oxygens (including phenoxy) is 1. The largest absolute Gasteiger partial charge is 0.463 e. The summed E-state index contributed by atoms with van der Waals surface area (Å²) in [6, 6.07) is 0. The monoisotopic (exact) mass is 234 g/mol. The van der Waals surface area contributed by atoms with Gasteiger partial charge in [-0.25, -0.2) is 4.79 Å². The summed E-state index contributed by atoms with van der Waals surface area (Å²) in [6.07, 6.45) is 11.6. The predicted octanol–water partition coefficient (Wildman–Crippen LogP) is 1.54. The van der Waals surface area contributed by atoms with Gasteiger partial charge in [-0.1, -0.05) is 30.4 Å². The molecule has 17 heavy (non-hydrogen) atoms. The molecule has 4 heteroatoms. The van der Waals surface area contributed by atoms with Gasteiger partial charge in [-0.05, 0) is 13.0 Å². The van der Waals surface area contributed by atoms with Crippen molar-refractivity contribution in [2.24, 2.45) is 0 Å². The summed E-state index contributed by atoms with van der Waals surface area (Å²) in [6.45, 7) is 2.08. The van der Waals surface area contributed by atoms with Gasteiger partial charge in [0.05, 0.1) is 12.2 Å². The van der Waals surface area contributed by atoms with Gasteiger partial charge in [0.2, 0.25) is 0 Å². The Hall–Kier alpha value is -2.23. The summed E-state index contributed by atoms with van der Waals surface area (Å²) >= 11 is 0. The van der Waals surface area contributed by atoms with Gasteiger partial charge in [0, 0.05) is 6.08 Å². The summed E-state index contributed by atoms with van der Waals surface area (Å²) in [4.78, 5) is 31.3. The first kappa shape index (κ1) is 14.8. The van der Waals surface area contributed by atoms with E-state index < -0.39 is 5.97 Å². The quantitative estimate of drug-likeness (QED) is 0.167. The van der Waals surface area contributed by atoms with Crippen LogP contribution >= 0.6 is 0 Å². The Balaban J connectivity index is 4.07. The SMILES string of the molecule is CCOC(=O)/C=C/C=C/C=C/C=C(C=O)C=O. The first-order chi connectivity index (χ1) is 8.24. The zero-order chi connectivity index (χ0) is 12.9. The number of hydrogen-bond acceptors (Lipinski definition) is 4. The van der Waals surface area contributed by atoms with Crippen molar-refractivity contribution in [1.29, 1.82) is 0 Å². The molecule has 0 saturated carbocycles. The molecule has 0 saturated heterocycles. The number of aldehydes is 2. The maximum atomic E-state index is 10.9. The second-order valence-corrected chi connectivity index (χ2v) is 2.78. The van der Waals surface area contributed by atoms with Crippen molar-refractivity contribution in [2.75, 3.05) is 6.61 Å². The van der Waals surface area contributed by atoms with E-state index in [0.717, 1.165) is 0 Å². The molecule has 0 aliphatic carbocycles. The Labute approximate surface area is 100.0 Å². The van der Waals surface area contributed by atoms with Crippen LogP contribution in [-0.2, 0) is 19.1 Å². The third kappa shape index (κ3) is 8.74. The fourth-order valence-corrected chi connectivity index (χ4v) is 0.790. The smallest absolute Gasteiger partial charge is 0.330 e. The molecule has 0 aliphatic heterocycles. The van der Waals surface area contributed by atoms with Crippen molar-refractivity contribution in [1.82, 2.24) is 0 Å². The number of carbonyl (C=O) groups is 3. The first-order valence-electron chi connectivity index (χ1n) is 5.03. The molecule has 0 amide bonds. The van der Waals surface area contributed by atoms with Crippen LogP contribution in [0.5, 0.6) is 0 Å². The Morgan fingerprint density at radius 1 is 1.00 bits per heavy atom. The Morgan fingerprint density at radius 2 is 1.59 bits per heavy atom. The van der Waals surface area contributed by atoms with Crippen molar-refractivity contribution < 1.29 is 19.1 Å². The molecular formula is C13H14O4. The number of allylic oxidation sites excluding steroid dienone is 7. The number of rotatable bonds is 7. The molecule has 0 aliphatic rings. The van der Waals surface area contributed by atoms with Crippen LogP contribution in [0, 0.1) is 0 Å². The van der Waals surface area contributed by atoms with E-state index in [-0.39, 0.29) is 5.57 Å². The zero-order valence-electron chi connectivity index (χ0n) is 9.54. The van der Waals surface area contributed by atoms with E-state index in [4.69, 9.17) is 0 Å². The second kappa shape index (κ2) is 10.3. The molecule has 0 heterocycles. The molecule has 0 unspecified atom stereocenters. The van der Waals surface area contributed by atoms with Gasteiger partial charge in [0.1, 0.15) is 0 Å². The van der Waals surface area contributed by atoms with Crippen molar-refractivity contribution in [3.8, 4) is 0 Å².